The van der Waals surface area contributed by atoms with Gasteiger partial charge in [0.15, 0.2) is 0 Å². The van der Waals surface area contributed by atoms with Crippen LogP contribution in [0.1, 0.15) is 53.4 Å². The van der Waals surface area contributed by atoms with Crippen molar-refractivity contribution in [2.45, 2.75) is 65.1 Å². The molecule has 1 saturated carbocycles. The highest BCUT2D eigenvalue weighted by molar-refractivity contribution is 5.70. The molecule has 1 saturated heterocycles. The molecule has 0 unspecified atom stereocenters. The van der Waals surface area contributed by atoms with Crippen molar-refractivity contribution in [3.63, 3.8) is 0 Å². The highest BCUT2D eigenvalue weighted by atomic mass is 16.6. The first-order valence-corrected chi connectivity index (χ1v) is 6.75. The molecule has 0 amide bonds. The van der Waals surface area contributed by atoms with Gasteiger partial charge >= 0.3 is 5.97 Å². The van der Waals surface area contributed by atoms with Crippen LogP contribution in [0.4, 0.5) is 0 Å². The number of carbonyl (C=O) groups excluding carboxylic acids is 1. The van der Waals surface area contributed by atoms with Crippen molar-refractivity contribution in [2.24, 2.45) is 11.3 Å². The lowest BCUT2D eigenvalue weighted by molar-refractivity contribution is -0.146. The number of ether oxygens (including phenoxy) is 2. The second-order valence-electron chi connectivity index (χ2n) is 6.24. The molecule has 1 aliphatic carbocycles. The molecule has 98 valence electrons. The van der Waals surface area contributed by atoms with Crippen LogP contribution in [0.2, 0.25) is 0 Å². The molecule has 0 aromatic carbocycles. The monoisotopic (exact) mass is 240 g/mol. The molecule has 3 atom stereocenters. The maximum absolute atomic E-state index is 11.6. The molecule has 1 aliphatic heterocycles. The largest absolute Gasteiger partial charge is 0.466 e. The lowest BCUT2D eigenvalue weighted by Crippen LogP contribution is -2.40. The van der Waals surface area contributed by atoms with Gasteiger partial charge in [0.05, 0.1) is 19.1 Å². The molecule has 0 radical (unpaired) electrons. The van der Waals surface area contributed by atoms with E-state index in [1.165, 1.54) is 6.42 Å². The van der Waals surface area contributed by atoms with Gasteiger partial charge in [0.2, 0.25) is 0 Å². The third-order valence-corrected chi connectivity index (χ3v) is 4.48. The SMILES string of the molecule is CCOC(=O)CC(C)(C)[C@]12CC[C@@H](C)C[C@@H]1O2. The third-order valence-electron chi connectivity index (χ3n) is 4.48. The van der Waals surface area contributed by atoms with Gasteiger partial charge in [-0.3, -0.25) is 4.79 Å². The Kier molecular flexibility index (Phi) is 3.23. The third kappa shape index (κ3) is 2.22. The van der Waals surface area contributed by atoms with Crippen molar-refractivity contribution in [3.05, 3.63) is 0 Å². The van der Waals surface area contributed by atoms with Crippen molar-refractivity contribution < 1.29 is 14.3 Å². The first-order valence-electron chi connectivity index (χ1n) is 6.75. The highest BCUT2D eigenvalue weighted by Crippen LogP contribution is 2.60. The van der Waals surface area contributed by atoms with E-state index in [0.717, 1.165) is 18.8 Å². The molecule has 17 heavy (non-hydrogen) atoms. The molecule has 3 nitrogen and oxygen atoms in total. The summed E-state index contributed by atoms with van der Waals surface area (Å²) in [4.78, 5) is 11.6. The summed E-state index contributed by atoms with van der Waals surface area (Å²) in [6, 6.07) is 0. The summed E-state index contributed by atoms with van der Waals surface area (Å²) in [5.41, 5.74) is -0.156. The van der Waals surface area contributed by atoms with Crippen LogP contribution in [-0.4, -0.2) is 24.3 Å². The van der Waals surface area contributed by atoms with Crippen molar-refractivity contribution >= 4 is 5.97 Å². The summed E-state index contributed by atoms with van der Waals surface area (Å²) in [7, 11) is 0. The van der Waals surface area contributed by atoms with Gasteiger partial charge in [-0.1, -0.05) is 20.8 Å². The van der Waals surface area contributed by atoms with Crippen LogP contribution >= 0.6 is 0 Å². The van der Waals surface area contributed by atoms with Gasteiger partial charge in [0.1, 0.15) is 5.60 Å². The molecule has 2 fully saturated rings. The number of rotatable bonds is 4. The van der Waals surface area contributed by atoms with E-state index in [0.29, 0.717) is 19.1 Å². The van der Waals surface area contributed by atoms with Gasteiger partial charge in [0, 0.05) is 5.41 Å². The molecule has 1 heterocycles. The Bertz CT molecular complexity index is 311. The quantitative estimate of drug-likeness (QED) is 0.560. The normalized spacial score (nSPS) is 36.2. The van der Waals surface area contributed by atoms with Gasteiger partial charge in [0.25, 0.3) is 0 Å². The standard InChI is InChI=1S/C14H24O3/c1-5-16-12(15)9-13(3,4)14-7-6-10(2)8-11(14)17-14/h10-11H,5-9H2,1-4H3/t10-,11+,14+/m1/s1. The Morgan fingerprint density at radius 1 is 1.53 bits per heavy atom. The topological polar surface area (TPSA) is 38.8 Å². The maximum atomic E-state index is 11.6. The lowest BCUT2D eigenvalue weighted by Gasteiger charge is -2.35. The van der Waals surface area contributed by atoms with Crippen molar-refractivity contribution in [3.8, 4) is 0 Å². The van der Waals surface area contributed by atoms with Crippen LogP contribution in [0.3, 0.4) is 0 Å². The Morgan fingerprint density at radius 3 is 2.82 bits per heavy atom. The molecule has 0 N–H and O–H groups in total. The van der Waals surface area contributed by atoms with E-state index in [-0.39, 0.29) is 17.0 Å². The predicted octanol–water partition coefficient (Wildman–Crippen LogP) is 2.92. The van der Waals surface area contributed by atoms with Crippen LogP contribution in [0.25, 0.3) is 0 Å². The lowest BCUT2D eigenvalue weighted by atomic mass is 9.67. The van der Waals surface area contributed by atoms with Gasteiger partial charge in [-0.15, -0.1) is 0 Å². The van der Waals surface area contributed by atoms with Gasteiger partial charge in [-0.25, -0.2) is 0 Å². The number of hydrogen-bond donors (Lipinski definition) is 0. The minimum atomic E-state index is -0.107. The average molecular weight is 240 g/mol. The number of carbonyl (C=O) groups is 1. The Balaban J connectivity index is 1.99. The molecule has 2 aliphatic rings. The Hall–Kier alpha value is -0.570. The smallest absolute Gasteiger partial charge is 0.306 e. The summed E-state index contributed by atoms with van der Waals surface area (Å²) in [6.07, 6.45) is 4.28. The van der Waals surface area contributed by atoms with E-state index >= 15 is 0 Å². The number of hydrogen-bond acceptors (Lipinski definition) is 3. The fraction of sp³-hybridized carbons (Fsp3) is 0.929. The van der Waals surface area contributed by atoms with Crippen molar-refractivity contribution in [1.29, 1.82) is 0 Å². The fourth-order valence-corrected chi connectivity index (χ4v) is 3.28. The Morgan fingerprint density at radius 2 is 2.24 bits per heavy atom. The first kappa shape index (κ1) is 12.9. The van der Waals surface area contributed by atoms with Gasteiger partial charge < -0.3 is 9.47 Å². The number of esters is 1. The summed E-state index contributed by atoms with van der Waals surface area (Å²) in [5.74, 6) is 0.661. The maximum Gasteiger partial charge on any atom is 0.306 e. The molecule has 0 aromatic rings. The average Bonchev–Trinajstić information content (AvgIpc) is 2.92. The summed E-state index contributed by atoms with van der Waals surface area (Å²) in [5, 5.41) is 0. The van der Waals surface area contributed by atoms with Gasteiger partial charge in [-0.05, 0) is 32.1 Å². The number of epoxide rings is 1. The summed E-state index contributed by atoms with van der Waals surface area (Å²) in [6.45, 7) is 8.87. The highest BCUT2D eigenvalue weighted by Gasteiger charge is 2.66. The molecular weight excluding hydrogens is 216 g/mol. The molecule has 3 heteroatoms. The minimum Gasteiger partial charge on any atom is -0.466 e. The van der Waals surface area contributed by atoms with E-state index in [1.54, 1.807) is 0 Å². The molecule has 0 aromatic heterocycles. The van der Waals surface area contributed by atoms with Crippen LogP contribution in [0.15, 0.2) is 0 Å². The summed E-state index contributed by atoms with van der Waals surface area (Å²) >= 11 is 0. The molecular formula is C14H24O3. The zero-order valence-electron chi connectivity index (χ0n) is 11.4. The van der Waals surface area contributed by atoms with Crippen molar-refractivity contribution in [2.75, 3.05) is 6.61 Å². The summed E-state index contributed by atoms with van der Waals surface area (Å²) < 4.78 is 11.0. The Labute approximate surface area is 104 Å². The molecule has 2 rings (SSSR count). The van der Waals surface area contributed by atoms with Crippen molar-refractivity contribution in [1.82, 2.24) is 0 Å². The van der Waals surface area contributed by atoms with Crippen LogP contribution in [0, 0.1) is 11.3 Å². The fourth-order valence-electron chi connectivity index (χ4n) is 3.28. The van der Waals surface area contributed by atoms with E-state index in [4.69, 9.17) is 9.47 Å². The minimum absolute atomic E-state index is 0.0493. The first-order chi connectivity index (χ1) is 7.91. The number of fused-ring (bicyclic) bond motifs is 1. The second kappa shape index (κ2) is 4.27. The zero-order chi connectivity index (χ0) is 12.7. The van der Waals surface area contributed by atoms with Crippen LogP contribution in [-0.2, 0) is 14.3 Å². The van der Waals surface area contributed by atoms with Gasteiger partial charge in [-0.2, -0.15) is 0 Å². The van der Waals surface area contributed by atoms with E-state index in [9.17, 15) is 4.79 Å². The van der Waals surface area contributed by atoms with Crippen LogP contribution in [0.5, 0.6) is 0 Å². The molecule has 0 bridgehead atoms. The second-order valence-corrected chi connectivity index (χ2v) is 6.24. The molecule has 0 spiro atoms. The van der Waals surface area contributed by atoms with Crippen LogP contribution < -0.4 is 0 Å². The van der Waals surface area contributed by atoms with E-state index in [1.807, 2.05) is 6.92 Å². The predicted molar refractivity (Wildman–Crippen MR) is 65.7 cm³/mol. The zero-order valence-corrected chi connectivity index (χ0v) is 11.4. The van der Waals surface area contributed by atoms with E-state index < -0.39 is 0 Å². The van der Waals surface area contributed by atoms with E-state index in [2.05, 4.69) is 20.8 Å².